The maximum atomic E-state index is 10.9. The maximum Gasteiger partial charge on any atom is 0.251 e. The Kier molecular flexibility index (Phi) is 3.19. The van der Waals surface area contributed by atoms with E-state index < -0.39 is 5.91 Å². The van der Waals surface area contributed by atoms with Gasteiger partial charge in [-0.2, -0.15) is 5.10 Å². The summed E-state index contributed by atoms with van der Waals surface area (Å²) in [5.41, 5.74) is 5.55. The zero-order valence-electron chi connectivity index (χ0n) is 9.62. The van der Waals surface area contributed by atoms with Gasteiger partial charge in [-0.05, 0) is 0 Å². The van der Waals surface area contributed by atoms with Gasteiger partial charge in [0.05, 0.1) is 18.3 Å². The van der Waals surface area contributed by atoms with Crippen molar-refractivity contribution >= 4 is 17.2 Å². The minimum atomic E-state index is -0.476. The summed E-state index contributed by atoms with van der Waals surface area (Å²) in [4.78, 5) is 10.9. The molecule has 0 aromatic carbocycles. The molecule has 0 fully saturated rings. The number of rotatable bonds is 4. The van der Waals surface area contributed by atoms with Crippen molar-refractivity contribution in [1.82, 2.24) is 20.0 Å². The van der Waals surface area contributed by atoms with E-state index in [0.717, 1.165) is 10.0 Å². The monoisotopic (exact) mass is 251 g/mol. The van der Waals surface area contributed by atoms with Crippen molar-refractivity contribution in [2.24, 2.45) is 5.73 Å². The summed E-state index contributed by atoms with van der Waals surface area (Å²) in [7, 11) is 0. The number of amides is 1. The lowest BCUT2D eigenvalue weighted by molar-refractivity contribution is 0.1000. The quantitative estimate of drug-likeness (QED) is 0.878. The second-order valence-electron chi connectivity index (χ2n) is 3.98. The van der Waals surface area contributed by atoms with E-state index in [1.807, 2.05) is 0 Å². The molecule has 0 unspecified atom stereocenters. The van der Waals surface area contributed by atoms with Gasteiger partial charge in [-0.1, -0.05) is 25.2 Å². The van der Waals surface area contributed by atoms with Crippen LogP contribution in [0.2, 0.25) is 0 Å². The summed E-state index contributed by atoms with van der Waals surface area (Å²) in [5.74, 6) is -0.101. The van der Waals surface area contributed by atoms with Crippen molar-refractivity contribution in [2.75, 3.05) is 0 Å². The molecule has 7 heteroatoms. The fourth-order valence-electron chi connectivity index (χ4n) is 1.28. The number of hydrogen-bond acceptors (Lipinski definition) is 5. The van der Waals surface area contributed by atoms with Crippen LogP contribution in [0.5, 0.6) is 0 Å². The number of carbonyl (C=O) groups is 1. The molecule has 0 aliphatic heterocycles. The van der Waals surface area contributed by atoms with E-state index in [1.165, 1.54) is 6.20 Å². The standard InChI is InChI=1S/C10H13N5OS/c1-6(2)10-14-13-8(17-10)5-15-4-7(3-12-15)9(11)16/h3-4,6H,5H2,1-2H3,(H2,11,16). The predicted octanol–water partition coefficient (Wildman–Crippen LogP) is 1.01. The fraction of sp³-hybridized carbons (Fsp3) is 0.400. The fourth-order valence-corrected chi connectivity index (χ4v) is 2.12. The van der Waals surface area contributed by atoms with Gasteiger partial charge in [0.1, 0.15) is 10.0 Å². The van der Waals surface area contributed by atoms with Crippen molar-refractivity contribution in [1.29, 1.82) is 0 Å². The molecule has 2 N–H and O–H groups in total. The Morgan fingerprint density at radius 1 is 1.53 bits per heavy atom. The van der Waals surface area contributed by atoms with Gasteiger partial charge in [0.15, 0.2) is 0 Å². The van der Waals surface area contributed by atoms with Gasteiger partial charge in [0, 0.05) is 12.1 Å². The number of primary amides is 1. The number of aromatic nitrogens is 4. The maximum absolute atomic E-state index is 10.9. The highest BCUT2D eigenvalue weighted by Crippen LogP contribution is 2.19. The van der Waals surface area contributed by atoms with E-state index in [2.05, 4.69) is 29.1 Å². The first kappa shape index (κ1) is 11.7. The van der Waals surface area contributed by atoms with E-state index in [1.54, 1.807) is 22.2 Å². The Morgan fingerprint density at radius 3 is 2.82 bits per heavy atom. The second-order valence-corrected chi connectivity index (χ2v) is 5.07. The molecule has 2 heterocycles. The third-order valence-corrected chi connectivity index (χ3v) is 3.40. The van der Waals surface area contributed by atoms with Crippen LogP contribution in [0.1, 0.15) is 40.1 Å². The molecular weight excluding hydrogens is 238 g/mol. The van der Waals surface area contributed by atoms with Crippen molar-refractivity contribution < 1.29 is 4.79 Å². The summed E-state index contributed by atoms with van der Waals surface area (Å²) >= 11 is 1.55. The van der Waals surface area contributed by atoms with E-state index in [9.17, 15) is 4.79 Å². The Labute approximate surface area is 102 Å². The highest BCUT2D eigenvalue weighted by Gasteiger charge is 2.09. The molecule has 90 valence electrons. The van der Waals surface area contributed by atoms with Crippen LogP contribution < -0.4 is 5.73 Å². The van der Waals surface area contributed by atoms with E-state index in [-0.39, 0.29) is 0 Å². The first-order valence-electron chi connectivity index (χ1n) is 5.21. The molecule has 0 spiro atoms. The van der Waals surface area contributed by atoms with Crippen LogP contribution in [-0.4, -0.2) is 25.9 Å². The van der Waals surface area contributed by atoms with Gasteiger partial charge in [-0.3, -0.25) is 9.48 Å². The molecule has 2 rings (SSSR count). The third-order valence-electron chi connectivity index (χ3n) is 2.19. The zero-order chi connectivity index (χ0) is 12.4. The van der Waals surface area contributed by atoms with Crippen LogP contribution in [0.15, 0.2) is 12.4 Å². The molecule has 0 bridgehead atoms. The summed E-state index contributed by atoms with van der Waals surface area (Å²) in [5, 5.41) is 14.1. The van der Waals surface area contributed by atoms with Crippen LogP contribution >= 0.6 is 11.3 Å². The normalized spacial score (nSPS) is 11.0. The molecular formula is C10H13N5OS. The number of nitrogens with two attached hydrogens (primary N) is 1. The van der Waals surface area contributed by atoms with Gasteiger partial charge < -0.3 is 5.73 Å². The summed E-state index contributed by atoms with van der Waals surface area (Å²) in [6.07, 6.45) is 3.06. The zero-order valence-corrected chi connectivity index (χ0v) is 10.4. The van der Waals surface area contributed by atoms with Gasteiger partial charge in [-0.15, -0.1) is 10.2 Å². The SMILES string of the molecule is CC(C)c1nnc(Cn2cc(C(N)=O)cn2)s1. The number of hydrogen-bond donors (Lipinski definition) is 1. The average molecular weight is 251 g/mol. The first-order valence-corrected chi connectivity index (χ1v) is 6.02. The van der Waals surface area contributed by atoms with Crippen LogP contribution in [0.4, 0.5) is 0 Å². The highest BCUT2D eigenvalue weighted by atomic mass is 32.1. The Balaban J connectivity index is 2.11. The van der Waals surface area contributed by atoms with Crippen LogP contribution in [-0.2, 0) is 6.54 Å². The predicted molar refractivity (Wildman–Crippen MR) is 63.8 cm³/mol. The van der Waals surface area contributed by atoms with Gasteiger partial charge in [0.25, 0.3) is 5.91 Å². The van der Waals surface area contributed by atoms with Crippen molar-refractivity contribution in [3.8, 4) is 0 Å². The Morgan fingerprint density at radius 2 is 2.29 bits per heavy atom. The molecule has 2 aromatic heterocycles. The van der Waals surface area contributed by atoms with E-state index in [0.29, 0.717) is 18.0 Å². The molecule has 0 radical (unpaired) electrons. The molecule has 0 atom stereocenters. The summed E-state index contributed by atoms with van der Waals surface area (Å²) < 4.78 is 1.63. The van der Waals surface area contributed by atoms with Crippen LogP contribution in [0, 0.1) is 0 Å². The lowest BCUT2D eigenvalue weighted by atomic mass is 10.2. The van der Waals surface area contributed by atoms with Gasteiger partial charge >= 0.3 is 0 Å². The number of nitrogens with zero attached hydrogens (tertiary/aromatic N) is 4. The van der Waals surface area contributed by atoms with Crippen LogP contribution in [0.25, 0.3) is 0 Å². The first-order chi connectivity index (χ1) is 8.06. The van der Waals surface area contributed by atoms with Crippen molar-refractivity contribution in [3.05, 3.63) is 28.0 Å². The lowest BCUT2D eigenvalue weighted by Crippen LogP contribution is -2.09. The third kappa shape index (κ3) is 2.68. The van der Waals surface area contributed by atoms with Crippen LogP contribution in [0.3, 0.4) is 0 Å². The topological polar surface area (TPSA) is 86.7 Å². The molecule has 17 heavy (non-hydrogen) atoms. The molecule has 0 saturated heterocycles. The Bertz CT molecular complexity index is 530. The molecule has 6 nitrogen and oxygen atoms in total. The summed E-state index contributed by atoms with van der Waals surface area (Å²) in [6, 6.07) is 0. The molecule has 2 aromatic rings. The highest BCUT2D eigenvalue weighted by molar-refractivity contribution is 7.11. The van der Waals surface area contributed by atoms with Gasteiger partial charge in [0.2, 0.25) is 0 Å². The smallest absolute Gasteiger partial charge is 0.251 e. The van der Waals surface area contributed by atoms with E-state index in [4.69, 9.17) is 5.73 Å². The average Bonchev–Trinajstić information content (AvgIpc) is 2.87. The molecule has 0 saturated carbocycles. The second kappa shape index (κ2) is 4.62. The van der Waals surface area contributed by atoms with Gasteiger partial charge in [-0.25, -0.2) is 0 Å². The minimum Gasteiger partial charge on any atom is -0.366 e. The molecule has 1 amide bonds. The lowest BCUT2D eigenvalue weighted by Gasteiger charge is -1.96. The Hall–Kier alpha value is -1.76. The van der Waals surface area contributed by atoms with E-state index >= 15 is 0 Å². The number of carbonyl (C=O) groups excluding carboxylic acids is 1. The summed E-state index contributed by atoms with van der Waals surface area (Å²) in [6.45, 7) is 4.66. The molecule has 0 aliphatic carbocycles. The van der Waals surface area contributed by atoms with Crippen molar-refractivity contribution in [2.45, 2.75) is 26.3 Å². The van der Waals surface area contributed by atoms with Crippen molar-refractivity contribution in [3.63, 3.8) is 0 Å². The molecule has 0 aliphatic rings. The largest absolute Gasteiger partial charge is 0.366 e. The minimum absolute atomic E-state index is 0.375.